The smallest absolute Gasteiger partial charge is 0.0351 e. The van der Waals surface area contributed by atoms with Gasteiger partial charge in [-0.15, -0.1) is 0 Å². The molecule has 0 saturated carbocycles. The van der Waals surface area contributed by atoms with Crippen molar-refractivity contribution in [3.8, 4) is 0 Å². The van der Waals surface area contributed by atoms with E-state index in [1.165, 1.54) is 44.9 Å². The van der Waals surface area contributed by atoms with Gasteiger partial charge in [0.25, 0.3) is 0 Å². The minimum atomic E-state index is 0.945. The Morgan fingerprint density at radius 1 is 1.00 bits per heavy atom. The van der Waals surface area contributed by atoms with E-state index in [0.717, 1.165) is 5.92 Å². The van der Waals surface area contributed by atoms with Crippen molar-refractivity contribution in [2.24, 2.45) is 5.92 Å². The molecule has 78 valence electrons. The van der Waals surface area contributed by atoms with Crippen LogP contribution in [-0.4, -0.2) is 0 Å². The highest BCUT2D eigenvalue weighted by Gasteiger charge is 1.98. The molecule has 0 N–H and O–H groups in total. The van der Waals surface area contributed by atoms with Crippen LogP contribution in [0.4, 0.5) is 0 Å². The maximum Gasteiger partial charge on any atom is -0.0351 e. The summed E-state index contributed by atoms with van der Waals surface area (Å²) in [5.74, 6) is 0.945. The lowest BCUT2D eigenvalue weighted by molar-refractivity contribution is 0.462. The van der Waals surface area contributed by atoms with E-state index in [1.807, 2.05) is 0 Å². The number of hydrogen-bond donors (Lipinski definition) is 0. The van der Waals surface area contributed by atoms with Crippen molar-refractivity contribution in [3.63, 3.8) is 0 Å². The van der Waals surface area contributed by atoms with Crippen molar-refractivity contribution in [3.05, 3.63) is 12.2 Å². The maximum atomic E-state index is 2.38. The normalized spacial score (nSPS) is 13.8. The Hall–Kier alpha value is -0.260. The van der Waals surface area contributed by atoms with Gasteiger partial charge in [-0.2, -0.15) is 0 Å². The molecule has 0 radical (unpaired) electrons. The maximum absolute atomic E-state index is 2.38. The second-order valence-corrected chi connectivity index (χ2v) is 4.06. The molecule has 1 atom stereocenters. The van der Waals surface area contributed by atoms with Crippen LogP contribution >= 0.6 is 0 Å². The summed E-state index contributed by atoms with van der Waals surface area (Å²) >= 11 is 0. The average molecular weight is 182 g/mol. The van der Waals surface area contributed by atoms with Gasteiger partial charge in [-0.05, 0) is 25.2 Å². The van der Waals surface area contributed by atoms with Crippen molar-refractivity contribution in [1.82, 2.24) is 0 Å². The summed E-state index contributed by atoms with van der Waals surface area (Å²) in [5.41, 5.74) is 0. The molecule has 0 aromatic carbocycles. The van der Waals surface area contributed by atoms with Crippen molar-refractivity contribution < 1.29 is 0 Å². The van der Waals surface area contributed by atoms with Crippen molar-refractivity contribution in [2.45, 2.75) is 65.7 Å². The van der Waals surface area contributed by atoms with Crippen LogP contribution in [0.1, 0.15) is 65.7 Å². The first kappa shape index (κ1) is 12.7. The highest BCUT2D eigenvalue weighted by atomic mass is 14.0. The Morgan fingerprint density at radius 2 is 1.77 bits per heavy atom. The van der Waals surface area contributed by atoms with E-state index in [4.69, 9.17) is 0 Å². The van der Waals surface area contributed by atoms with Gasteiger partial charge in [0.15, 0.2) is 0 Å². The Kier molecular flexibility index (Phi) is 9.63. The van der Waals surface area contributed by atoms with Crippen LogP contribution in [0.5, 0.6) is 0 Å². The van der Waals surface area contributed by atoms with E-state index < -0.39 is 0 Å². The molecule has 1 unspecified atom stereocenters. The monoisotopic (exact) mass is 182 g/mol. The molecule has 0 aromatic heterocycles. The van der Waals surface area contributed by atoms with Gasteiger partial charge in [-0.3, -0.25) is 0 Å². The summed E-state index contributed by atoms with van der Waals surface area (Å²) in [7, 11) is 0. The molecule has 13 heavy (non-hydrogen) atoms. The molecule has 0 aliphatic carbocycles. The summed E-state index contributed by atoms with van der Waals surface area (Å²) in [6, 6.07) is 0. The van der Waals surface area contributed by atoms with Crippen LogP contribution in [0.3, 0.4) is 0 Å². The van der Waals surface area contributed by atoms with Gasteiger partial charge in [0, 0.05) is 0 Å². The third-order valence-corrected chi connectivity index (χ3v) is 2.50. The van der Waals surface area contributed by atoms with Gasteiger partial charge in [-0.1, -0.05) is 58.6 Å². The molecule has 0 bridgehead atoms. The lowest BCUT2D eigenvalue weighted by Crippen LogP contribution is -1.93. The fourth-order valence-corrected chi connectivity index (χ4v) is 1.68. The predicted molar refractivity (Wildman–Crippen MR) is 62.0 cm³/mol. The topological polar surface area (TPSA) is 0 Å². The van der Waals surface area contributed by atoms with Gasteiger partial charge in [-0.25, -0.2) is 0 Å². The molecule has 0 amide bonds. The minimum Gasteiger partial charge on any atom is -0.0888 e. The molecule has 0 aliphatic rings. The highest BCUT2D eigenvalue weighted by molar-refractivity contribution is 4.79. The van der Waals surface area contributed by atoms with E-state index in [2.05, 4.69) is 32.9 Å². The number of allylic oxidation sites excluding steroid dienone is 2. The van der Waals surface area contributed by atoms with Gasteiger partial charge in [0.2, 0.25) is 0 Å². The SMILES string of the molecule is CC/C=C\CCCCC(C)CCC. The van der Waals surface area contributed by atoms with Crippen LogP contribution in [0.15, 0.2) is 12.2 Å². The van der Waals surface area contributed by atoms with Crippen molar-refractivity contribution in [1.29, 1.82) is 0 Å². The zero-order valence-electron chi connectivity index (χ0n) is 9.68. The second-order valence-electron chi connectivity index (χ2n) is 4.06. The van der Waals surface area contributed by atoms with Crippen LogP contribution in [-0.2, 0) is 0 Å². The largest absolute Gasteiger partial charge is 0.0888 e. The molecule has 0 heterocycles. The summed E-state index contributed by atoms with van der Waals surface area (Å²) < 4.78 is 0. The average Bonchev–Trinajstić information content (AvgIpc) is 2.11. The van der Waals surface area contributed by atoms with Crippen LogP contribution in [0.2, 0.25) is 0 Å². The molecule has 0 saturated heterocycles. The van der Waals surface area contributed by atoms with Crippen molar-refractivity contribution in [2.75, 3.05) is 0 Å². The van der Waals surface area contributed by atoms with E-state index in [1.54, 1.807) is 0 Å². The van der Waals surface area contributed by atoms with Crippen molar-refractivity contribution >= 4 is 0 Å². The first-order valence-corrected chi connectivity index (χ1v) is 5.96. The first-order valence-electron chi connectivity index (χ1n) is 5.96. The molecule has 0 aromatic rings. The quantitative estimate of drug-likeness (QED) is 0.368. The lowest BCUT2D eigenvalue weighted by Gasteiger charge is -2.08. The number of unbranched alkanes of at least 4 members (excludes halogenated alkanes) is 2. The molecule has 0 heteroatoms. The zero-order chi connectivity index (χ0) is 9.94. The molecule has 0 fully saturated rings. The molecule has 0 nitrogen and oxygen atoms in total. The standard InChI is InChI=1S/C13H26/c1-4-6-7-8-9-10-12-13(3)11-5-2/h6-7,13H,4-5,8-12H2,1-3H3/b7-6-. The Balaban J connectivity index is 3.10. The minimum absolute atomic E-state index is 0.945. The predicted octanol–water partition coefficient (Wildman–Crippen LogP) is 4.95. The van der Waals surface area contributed by atoms with E-state index in [9.17, 15) is 0 Å². The van der Waals surface area contributed by atoms with E-state index in [0.29, 0.717) is 0 Å². The van der Waals surface area contributed by atoms with E-state index in [-0.39, 0.29) is 0 Å². The lowest BCUT2D eigenvalue weighted by atomic mass is 9.99. The number of hydrogen-bond acceptors (Lipinski definition) is 0. The Bertz CT molecular complexity index is 113. The summed E-state index contributed by atoms with van der Waals surface area (Å²) in [4.78, 5) is 0. The molecule has 0 aliphatic heterocycles. The second kappa shape index (κ2) is 9.83. The first-order chi connectivity index (χ1) is 6.31. The Morgan fingerprint density at radius 3 is 2.38 bits per heavy atom. The van der Waals surface area contributed by atoms with Crippen LogP contribution in [0, 0.1) is 5.92 Å². The summed E-state index contributed by atoms with van der Waals surface area (Å²) in [5, 5.41) is 0. The molecular weight excluding hydrogens is 156 g/mol. The number of rotatable bonds is 8. The van der Waals surface area contributed by atoms with Crippen LogP contribution < -0.4 is 0 Å². The van der Waals surface area contributed by atoms with Gasteiger partial charge >= 0.3 is 0 Å². The van der Waals surface area contributed by atoms with Gasteiger partial charge in [0.05, 0.1) is 0 Å². The highest BCUT2D eigenvalue weighted by Crippen LogP contribution is 2.14. The summed E-state index contributed by atoms with van der Waals surface area (Å²) in [6.07, 6.45) is 14.0. The third-order valence-electron chi connectivity index (χ3n) is 2.50. The van der Waals surface area contributed by atoms with Gasteiger partial charge < -0.3 is 0 Å². The third kappa shape index (κ3) is 9.66. The van der Waals surface area contributed by atoms with E-state index >= 15 is 0 Å². The molecule has 0 spiro atoms. The molecular formula is C13H26. The fraction of sp³-hybridized carbons (Fsp3) is 0.846. The fourth-order valence-electron chi connectivity index (χ4n) is 1.68. The van der Waals surface area contributed by atoms with Gasteiger partial charge in [0.1, 0.15) is 0 Å². The molecule has 0 rings (SSSR count). The summed E-state index contributed by atoms with van der Waals surface area (Å²) in [6.45, 7) is 6.85. The Labute approximate surface area is 84.4 Å². The van der Waals surface area contributed by atoms with Crippen LogP contribution in [0.25, 0.3) is 0 Å². The zero-order valence-corrected chi connectivity index (χ0v) is 9.68.